The van der Waals surface area contributed by atoms with Crippen LogP contribution in [0, 0.1) is 0 Å². The molecule has 4 nitrogen and oxygen atoms in total. The molecule has 0 saturated heterocycles. The van der Waals surface area contributed by atoms with Crippen molar-refractivity contribution in [2.45, 2.75) is 5.75 Å². The molecule has 2 N–H and O–H groups in total. The van der Waals surface area contributed by atoms with E-state index in [-0.39, 0.29) is 0 Å². The van der Waals surface area contributed by atoms with Crippen LogP contribution in [0.15, 0.2) is 71.0 Å². The smallest absolute Gasteiger partial charge is 0.180 e. The third kappa shape index (κ3) is 4.34. The molecule has 24 heavy (non-hydrogen) atoms. The topological polar surface area (TPSA) is 63.6 Å². The summed E-state index contributed by atoms with van der Waals surface area (Å²) in [7, 11) is 0. The molecule has 1 aromatic heterocycles. The molecule has 6 heteroatoms. The number of amidine groups is 1. The maximum absolute atomic E-state index is 6.05. The largest absolute Gasteiger partial charge is 0.377 e. The second kappa shape index (κ2) is 7.95. The van der Waals surface area contributed by atoms with Crippen molar-refractivity contribution >= 4 is 45.5 Å². The van der Waals surface area contributed by atoms with Gasteiger partial charge in [-0.3, -0.25) is 0 Å². The molecule has 1 heterocycles. The van der Waals surface area contributed by atoms with E-state index in [1.165, 1.54) is 17.3 Å². The van der Waals surface area contributed by atoms with Gasteiger partial charge in [0.2, 0.25) is 0 Å². The minimum Gasteiger partial charge on any atom is -0.377 e. The molecule has 0 amide bonds. The zero-order valence-corrected chi connectivity index (χ0v) is 14.3. The highest BCUT2D eigenvalue weighted by molar-refractivity contribution is 8.13. The average Bonchev–Trinajstić information content (AvgIpc) is 2.61. The van der Waals surface area contributed by atoms with Gasteiger partial charge in [-0.05, 0) is 28.6 Å². The monoisotopic (exact) mass is 354 g/mol. The molecule has 0 fully saturated rings. The maximum atomic E-state index is 6.05. The summed E-state index contributed by atoms with van der Waals surface area (Å²) in [5, 5.41) is 10.9. The Morgan fingerprint density at radius 1 is 1.17 bits per heavy atom. The standard InChI is InChI=1S/C18H15ClN4S/c19-17-16-7-6-14(10-15(16)8-9-21-17)11-22-23-18(20)24-12-13-4-2-1-3-5-13/h1-11H,12H2,(H2,20,23). The van der Waals surface area contributed by atoms with Gasteiger partial charge in [-0.15, -0.1) is 5.10 Å². The number of rotatable bonds is 4. The number of halogens is 1. The number of fused-ring (bicyclic) bond motifs is 1. The average molecular weight is 355 g/mol. The number of thioether (sulfide) groups is 1. The van der Waals surface area contributed by atoms with Gasteiger partial charge in [0.1, 0.15) is 5.15 Å². The van der Waals surface area contributed by atoms with Gasteiger partial charge < -0.3 is 5.73 Å². The summed E-state index contributed by atoms with van der Waals surface area (Å²) in [6.07, 6.45) is 3.35. The lowest BCUT2D eigenvalue weighted by molar-refractivity contribution is 1.25. The molecule has 0 aliphatic heterocycles. The summed E-state index contributed by atoms with van der Waals surface area (Å²) in [5.74, 6) is 0.771. The highest BCUT2D eigenvalue weighted by Gasteiger charge is 2.00. The number of pyridine rings is 1. The van der Waals surface area contributed by atoms with Crippen molar-refractivity contribution in [2.24, 2.45) is 15.9 Å². The van der Waals surface area contributed by atoms with E-state index in [0.29, 0.717) is 10.3 Å². The number of aromatic nitrogens is 1. The van der Waals surface area contributed by atoms with Gasteiger partial charge in [-0.2, -0.15) is 5.10 Å². The van der Waals surface area contributed by atoms with E-state index < -0.39 is 0 Å². The van der Waals surface area contributed by atoms with Crippen molar-refractivity contribution in [1.29, 1.82) is 0 Å². The van der Waals surface area contributed by atoms with Crippen molar-refractivity contribution in [1.82, 2.24) is 4.98 Å². The highest BCUT2D eigenvalue weighted by atomic mass is 35.5. The van der Waals surface area contributed by atoms with Crippen molar-refractivity contribution in [2.75, 3.05) is 0 Å². The molecular formula is C18H15ClN4S. The van der Waals surface area contributed by atoms with E-state index in [4.69, 9.17) is 17.3 Å². The van der Waals surface area contributed by atoms with Crippen LogP contribution in [0.3, 0.4) is 0 Å². The molecule has 0 radical (unpaired) electrons. The Morgan fingerprint density at radius 2 is 2.00 bits per heavy atom. The van der Waals surface area contributed by atoms with Gasteiger partial charge in [0.25, 0.3) is 0 Å². The van der Waals surface area contributed by atoms with Crippen LogP contribution in [0.4, 0.5) is 0 Å². The molecule has 120 valence electrons. The summed E-state index contributed by atoms with van der Waals surface area (Å²) >= 11 is 7.51. The van der Waals surface area contributed by atoms with Crippen LogP contribution in [0.2, 0.25) is 5.15 Å². The quantitative estimate of drug-likeness (QED) is 0.325. The number of hydrogen-bond donors (Lipinski definition) is 1. The Kier molecular flexibility index (Phi) is 5.46. The van der Waals surface area contributed by atoms with Crippen LogP contribution in [-0.4, -0.2) is 16.4 Å². The van der Waals surface area contributed by atoms with Gasteiger partial charge in [-0.25, -0.2) is 4.98 Å². The third-order valence-electron chi connectivity index (χ3n) is 3.33. The Hall–Kier alpha value is -2.37. The first-order valence-electron chi connectivity index (χ1n) is 7.30. The zero-order chi connectivity index (χ0) is 16.8. The number of nitrogens with two attached hydrogens (primary N) is 1. The van der Waals surface area contributed by atoms with Crippen LogP contribution in [-0.2, 0) is 5.75 Å². The Balaban J connectivity index is 1.64. The Bertz CT molecular complexity index is 894. The lowest BCUT2D eigenvalue weighted by Gasteiger charge is -2.00. The second-order valence-corrected chi connectivity index (χ2v) is 6.39. The molecule has 0 bridgehead atoms. The normalized spacial score (nSPS) is 12.1. The fraction of sp³-hybridized carbons (Fsp3) is 0.0556. The molecule has 3 aromatic rings. The van der Waals surface area contributed by atoms with Gasteiger partial charge in [-0.1, -0.05) is 65.8 Å². The molecule has 0 saturated carbocycles. The molecule has 2 aromatic carbocycles. The molecule has 0 aliphatic rings. The summed E-state index contributed by atoms with van der Waals surface area (Å²) in [6, 6.07) is 17.8. The van der Waals surface area contributed by atoms with E-state index >= 15 is 0 Å². The molecule has 0 unspecified atom stereocenters. The predicted molar refractivity (Wildman–Crippen MR) is 104 cm³/mol. The summed E-state index contributed by atoms with van der Waals surface area (Å²) in [4.78, 5) is 4.06. The van der Waals surface area contributed by atoms with Gasteiger partial charge >= 0.3 is 0 Å². The number of hydrogen-bond acceptors (Lipinski definition) is 4. The fourth-order valence-corrected chi connectivity index (χ4v) is 2.99. The summed E-state index contributed by atoms with van der Waals surface area (Å²) in [6.45, 7) is 0. The van der Waals surface area contributed by atoms with Crippen molar-refractivity contribution in [3.8, 4) is 0 Å². The van der Waals surface area contributed by atoms with Crippen molar-refractivity contribution < 1.29 is 0 Å². The second-order valence-electron chi connectivity index (χ2n) is 5.04. The highest BCUT2D eigenvalue weighted by Crippen LogP contribution is 2.21. The van der Waals surface area contributed by atoms with E-state index in [9.17, 15) is 0 Å². The van der Waals surface area contributed by atoms with Crippen LogP contribution >= 0.6 is 23.4 Å². The van der Waals surface area contributed by atoms with Crippen molar-refractivity contribution in [3.63, 3.8) is 0 Å². The van der Waals surface area contributed by atoms with E-state index in [1.54, 1.807) is 12.4 Å². The van der Waals surface area contributed by atoms with Gasteiger partial charge in [0.15, 0.2) is 5.17 Å². The minimum absolute atomic E-state index is 0.433. The van der Waals surface area contributed by atoms with Gasteiger partial charge in [0.05, 0.1) is 6.21 Å². The number of nitrogens with zero attached hydrogens (tertiary/aromatic N) is 3. The van der Waals surface area contributed by atoms with Crippen LogP contribution < -0.4 is 5.73 Å². The van der Waals surface area contributed by atoms with Crippen LogP contribution in [0.5, 0.6) is 0 Å². The third-order valence-corrected chi connectivity index (χ3v) is 4.49. The van der Waals surface area contributed by atoms with Crippen LogP contribution in [0.25, 0.3) is 10.8 Å². The summed E-state index contributed by atoms with van der Waals surface area (Å²) in [5.41, 5.74) is 7.99. The predicted octanol–water partition coefficient (Wildman–Crippen LogP) is 4.47. The molecule has 0 spiro atoms. The lowest BCUT2D eigenvalue weighted by atomic mass is 10.1. The SMILES string of the molecule is NC(=NN=Cc1ccc2c(Cl)nccc2c1)SCc1ccccc1. The molecule has 3 rings (SSSR count). The van der Waals surface area contributed by atoms with Crippen LogP contribution in [0.1, 0.15) is 11.1 Å². The first kappa shape index (κ1) is 16.5. The van der Waals surface area contributed by atoms with E-state index in [2.05, 4.69) is 27.3 Å². The minimum atomic E-state index is 0.433. The summed E-state index contributed by atoms with van der Waals surface area (Å²) < 4.78 is 0. The van der Waals surface area contributed by atoms with E-state index in [1.807, 2.05) is 42.5 Å². The molecule has 0 atom stereocenters. The maximum Gasteiger partial charge on any atom is 0.180 e. The Labute approximate surface area is 149 Å². The van der Waals surface area contributed by atoms with E-state index in [0.717, 1.165) is 22.1 Å². The lowest BCUT2D eigenvalue weighted by Crippen LogP contribution is -2.05. The fourth-order valence-electron chi connectivity index (χ4n) is 2.15. The van der Waals surface area contributed by atoms with Crippen molar-refractivity contribution in [3.05, 3.63) is 77.1 Å². The molecular weight excluding hydrogens is 340 g/mol. The molecule has 0 aliphatic carbocycles. The first-order chi connectivity index (χ1) is 11.7. The Morgan fingerprint density at radius 3 is 2.83 bits per heavy atom. The first-order valence-corrected chi connectivity index (χ1v) is 8.66. The van der Waals surface area contributed by atoms with Gasteiger partial charge in [0, 0.05) is 17.3 Å². The number of benzene rings is 2. The zero-order valence-electron chi connectivity index (χ0n) is 12.8.